The molecule has 0 N–H and O–H groups in total. The fraction of sp³-hybridized carbons (Fsp3) is 0. The summed E-state index contributed by atoms with van der Waals surface area (Å²) in [5.74, 6) is 0. The average Bonchev–Trinajstić information content (AvgIpc) is 3.30. The third-order valence-electron chi connectivity index (χ3n) is 8.93. The van der Waals surface area contributed by atoms with E-state index in [9.17, 15) is 0 Å². The van der Waals surface area contributed by atoms with Crippen LogP contribution in [0.1, 0.15) is 0 Å². The van der Waals surface area contributed by atoms with Crippen LogP contribution in [-0.2, 0) is 60.3 Å². The molecular formula is C54H42Cl3Ir3P3-6. The molecule has 3 radical (unpaired) electrons. The summed E-state index contributed by atoms with van der Waals surface area (Å²) in [4.78, 5) is 0. The average molecular weight is 1470 g/mol. The first kappa shape index (κ1) is 58.1. The minimum absolute atomic E-state index is 0. The molecule has 0 atom stereocenters. The Morgan fingerprint density at radius 3 is 0.508 bits per heavy atom. The van der Waals surface area contributed by atoms with Crippen molar-refractivity contribution in [1.82, 2.24) is 0 Å². The molecule has 0 fully saturated rings. The van der Waals surface area contributed by atoms with Gasteiger partial charge in [-0.25, -0.2) is 0 Å². The Kier molecular flexibility index (Phi) is 30.2. The van der Waals surface area contributed by atoms with E-state index in [-0.39, 0.29) is 97.5 Å². The van der Waals surface area contributed by atoms with Crippen molar-refractivity contribution in [3.8, 4) is 0 Å². The van der Waals surface area contributed by atoms with Crippen molar-refractivity contribution in [2.24, 2.45) is 0 Å². The van der Waals surface area contributed by atoms with Crippen molar-refractivity contribution in [2.75, 3.05) is 0 Å². The molecule has 327 valence electrons. The summed E-state index contributed by atoms with van der Waals surface area (Å²) in [6.07, 6.45) is 0. The van der Waals surface area contributed by atoms with E-state index in [1.807, 2.05) is 18.2 Å². The molecule has 0 saturated heterocycles. The Hall–Kier alpha value is -2.91. The zero-order valence-corrected chi connectivity index (χ0v) is 45.9. The predicted octanol–water partition coefficient (Wildman–Crippen LogP) is 0.739. The number of halogens is 3. The molecule has 0 spiro atoms. The van der Waals surface area contributed by atoms with E-state index < -0.39 is 23.8 Å². The monoisotopic (exact) mass is 1470 g/mol. The van der Waals surface area contributed by atoms with Gasteiger partial charge in [-0.3, -0.25) is 0 Å². The van der Waals surface area contributed by atoms with Crippen LogP contribution in [0, 0.1) is 18.2 Å². The van der Waals surface area contributed by atoms with Gasteiger partial charge in [-0.2, -0.15) is 91.0 Å². The molecule has 0 amide bonds. The molecule has 9 aromatic rings. The molecule has 63 heavy (non-hydrogen) atoms. The maximum atomic E-state index is 3.20. The second kappa shape index (κ2) is 32.7. The van der Waals surface area contributed by atoms with Crippen LogP contribution < -0.4 is 85.0 Å². The van der Waals surface area contributed by atoms with Crippen molar-refractivity contribution >= 4 is 71.5 Å². The zero-order chi connectivity index (χ0) is 38.7. The molecule has 0 aromatic heterocycles. The molecular weight excluding hydrogens is 1420 g/mol. The zero-order valence-electron chi connectivity index (χ0n) is 33.7. The third kappa shape index (κ3) is 17.4. The second-order valence-corrected chi connectivity index (χ2v) is 19.5. The van der Waals surface area contributed by atoms with Crippen LogP contribution in [0.5, 0.6) is 0 Å². The Labute approximate surface area is 437 Å². The van der Waals surface area contributed by atoms with Crippen LogP contribution in [0.25, 0.3) is 0 Å². The van der Waals surface area contributed by atoms with Gasteiger partial charge in [0, 0.05) is 60.3 Å². The van der Waals surface area contributed by atoms with Gasteiger partial charge < -0.3 is 37.2 Å². The number of hydrogen-bond donors (Lipinski definition) is 0. The van der Waals surface area contributed by atoms with E-state index in [2.05, 4.69) is 255 Å². The Morgan fingerprint density at radius 2 is 0.365 bits per heavy atom. The first-order chi connectivity index (χ1) is 28.3. The fourth-order valence-corrected chi connectivity index (χ4v) is 13.2. The topological polar surface area (TPSA) is 0 Å². The second-order valence-electron chi connectivity index (χ2n) is 12.8. The minimum Gasteiger partial charge on any atom is -1.00 e. The maximum absolute atomic E-state index is 3.20. The number of rotatable bonds is 9. The van der Waals surface area contributed by atoms with Crippen LogP contribution in [-0.4, -0.2) is 0 Å². The molecule has 9 rings (SSSR count). The van der Waals surface area contributed by atoms with Crippen molar-refractivity contribution in [1.29, 1.82) is 0 Å². The molecule has 0 aliphatic carbocycles. The van der Waals surface area contributed by atoms with Gasteiger partial charge in [0.15, 0.2) is 0 Å². The number of hydrogen-bond acceptors (Lipinski definition) is 0. The van der Waals surface area contributed by atoms with E-state index in [0.29, 0.717) is 0 Å². The maximum Gasteiger partial charge on any atom is 0 e. The van der Waals surface area contributed by atoms with Crippen molar-refractivity contribution < 1.29 is 97.5 Å². The van der Waals surface area contributed by atoms with Gasteiger partial charge >= 0.3 is 0 Å². The summed E-state index contributed by atoms with van der Waals surface area (Å²) in [6.45, 7) is 0. The van der Waals surface area contributed by atoms with Crippen molar-refractivity contribution in [3.05, 3.63) is 273 Å². The van der Waals surface area contributed by atoms with Crippen LogP contribution in [0.3, 0.4) is 0 Å². The molecule has 0 bridgehead atoms. The Balaban J connectivity index is 0.000000451. The standard InChI is InChI=1S/3C18H14P.3ClH.3Ir/c3*1-4-10-16(11-5-1)19(17-12-6-2-7-13-17)18-14-8-3-9-15-18;;;;;;/h3*1-8,10-15H;3*1H;;;/q3*-1;;;;;;/p-3. The minimum atomic E-state index is -0.477. The van der Waals surface area contributed by atoms with Crippen LogP contribution in [0.15, 0.2) is 255 Å². The van der Waals surface area contributed by atoms with Gasteiger partial charge in [-0.1, -0.05) is 206 Å². The molecule has 9 heteroatoms. The number of benzene rings is 9. The summed E-state index contributed by atoms with van der Waals surface area (Å²) in [5, 5.41) is 12.3. The van der Waals surface area contributed by atoms with Gasteiger partial charge in [0.05, 0.1) is 0 Å². The van der Waals surface area contributed by atoms with E-state index in [4.69, 9.17) is 0 Å². The van der Waals surface area contributed by atoms with Crippen LogP contribution in [0.4, 0.5) is 0 Å². The largest absolute Gasteiger partial charge is 1.00 e. The van der Waals surface area contributed by atoms with Gasteiger partial charge in [0.2, 0.25) is 0 Å². The van der Waals surface area contributed by atoms with Crippen molar-refractivity contribution in [3.63, 3.8) is 0 Å². The van der Waals surface area contributed by atoms with Gasteiger partial charge in [-0.15, -0.1) is 15.9 Å². The summed E-state index contributed by atoms with van der Waals surface area (Å²) in [7, 11) is -1.43. The summed E-state index contributed by atoms with van der Waals surface area (Å²) >= 11 is 0. The third-order valence-corrected chi connectivity index (χ3v) is 16.2. The SMILES string of the molecule is [Cl-].[Cl-].[Cl-].[Ir].[Ir].[Ir].[c-]1cccc(P(c2ccccc2)c2ccccc2)c1.[c-]1cccc(P(c2ccccc2)c2ccccc2)c1.[c-]1cccc(P(c2ccccc2)c2ccccc2)c1. The molecule has 0 unspecified atom stereocenters. The molecule has 0 saturated carbocycles. The summed E-state index contributed by atoms with van der Waals surface area (Å²) in [5.41, 5.74) is 0. The first-order valence-electron chi connectivity index (χ1n) is 18.9. The fourth-order valence-electron chi connectivity index (χ4n) is 6.37. The quantitative estimate of drug-likeness (QED) is 0.148. The van der Waals surface area contributed by atoms with Gasteiger partial charge in [0.25, 0.3) is 0 Å². The van der Waals surface area contributed by atoms with E-state index in [1.54, 1.807) is 0 Å². The normalized spacial score (nSPS) is 9.57. The van der Waals surface area contributed by atoms with Crippen molar-refractivity contribution in [2.45, 2.75) is 0 Å². The Bertz CT molecular complexity index is 1890. The van der Waals surface area contributed by atoms with Crippen LogP contribution >= 0.6 is 23.8 Å². The predicted molar refractivity (Wildman–Crippen MR) is 252 cm³/mol. The van der Waals surface area contributed by atoms with Gasteiger partial charge in [0.1, 0.15) is 0 Å². The smallest absolute Gasteiger partial charge is 0 e. The van der Waals surface area contributed by atoms with E-state index in [0.717, 1.165) is 0 Å². The van der Waals surface area contributed by atoms with E-state index >= 15 is 0 Å². The molecule has 9 aromatic carbocycles. The molecule has 0 nitrogen and oxygen atoms in total. The summed E-state index contributed by atoms with van der Waals surface area (Å²) < 4.78 is 0. The van der Waals surface area contributed by atoms with E-state index in [1.165, 1.54) is 47.7 Å². The first-order valence-corrected chi connectivity index (χ1v) is 23.0. The summed E-state index contributed by atoms with van der Waals surface area (Å²) in [6, 6.07) is 98.9. The van der Waals surface area contributed by atoms with Crippen LogP contribution in [0.2, 0.25) is 0 Å². The van der Waals surface area contributed by atoms with Gasteiger partial charge in [-0.05, 0) is 31.8 Å². The Morgan fingerprint density at radius 1 is 0.206 bits per heavy atom. The molecule has 0 aliphatic heterocycles. The molecule has 0 heterocycles. The molecule has 0 aliphatic rings.